The number of nitrogens with two attached hydrogens (primary N) is 1. The minimum atomic E-state index is -1.25. The second kappa shape index (κ2) is 8.92. The molecule has 3 aromatic rings. The van der Waals surface area contributed by atoms with Crippen LogP contribution in [0.4, 0.5) is 14.6 Å². The van der Waals surface area contributed by atoms with Crippen molar-refractivity contribution in [1.82, 2.24) is 9.78 Å². The number of hydrogen-bond donors (Lipinski definition) is 2. The van der Waals surface area contributed by atoms with Gasteiger partial charge in [-0.3, -0.25) is 9.59 Å². The number of aromatic nitrogens is 2. The van der Waals surface area contributed by atoms with Gasteiger partial charge in [0, 0.05) is 11.6 Å². The lowest BCUT2D eigenvalue weighted by Gasteiger charge is -2.10. The third-order valence-electron chi connectivity index (χ3n) is 4.09. The summed E-state index contributed by atoms with van der Waals surface area (Å²) in [5, 5.41) is 6.27. The summed E-state index contributed by atoms with van der Waals surface area (Å²) in [5.41, 5.74) is 5.39. The fourth-order valence-electron chi connectivity index (χ4n) is 2.62. The first-order chi connectivity index (χ1) is 14.7. The maximum Gasteiger partial charge on any atom is 0.358 e. The first-order valence-corrected chi connectivity index (χ1v) is 9.22. The Balaban J connectivity index is 2.01. The van der Waals surface area contributed by atoms with Crippen LogP contribution in [-0.2, 0) is 4.74 Å². The predicted molar refractivity (Wildman–Crippen MR) is 107 cm³/mol. The maximum absolute atomic E-state index is 13.6. The van der Waals surface area contributed by atoms with Crippen LogP contribution in [0.2, 0.25) is 5.02 Å². The monoisotopic (exact) mass is 448 g/mol. The molecule has 0 saturated heterocycles. The van der Waals surface area contributed by atoms with Gasteiger partial charge in [0.25, 0.3) is 5.91 Å². The Morgan fingerprint density at radius 3 is 2.39 bits per heavy atom. The highest BCUT2D eigenvalue weighted by Crippen LogP contribution is 2.23. The summed E-state index contributed by atoms with van der Waals surface area (Å²) in [4.78, 5) is 36.0. The molecule has 160 valence electrons. The maximum atomic E-state index is 13.6. The van der Waals surface area contributed by atoms with E-state index in [-0.39, 0.29) is 34.3 Å². The largest absolute Gasteiger partial charge is 0.461 e. The van der Waals surface area contributed by atoms with Gasteiger partial charge in [0.2, 0.25) is 5.91 Å². The molecule has 0 radical (unpaired) electrons. The minimum absolute atomic E-state index is 0.0145. The summed E-state index contributed by atoms with van der Waals surface area (Å²) < 4.78 is 33.0. The molecule has 2 amide bonds. The molecule has 0 spiro atoms. The summed E-state index contributed by atoms with van der Waals surface area (Å²) in [6.07, 6.45) is 0. The number of ether oxygens (including phenoxy) is 1. The van der Waals surface area contributed by atoms with Crippen molar-refractivity contribution < 1.29 is 27.9 Å². The number of hydrogen-bond acceptors (Lipinski definition) is 5. The standard InChI is InChI=1S/C20H15ClF2N4O4/c1-2-31-20(30)16-9-17(25-19(29)12-7-14(22)15(23)8-13(12)21)27(26-16)11-5-3-10(4-6-11)18(24)28/h3-9H,2H2,1H3,(H2,24,28)(H,25,29). The smallest absolute Gasteiger partial charge is 0.358 e. The van der Waals surface area contributed by atoms with Gasteiger partial charge < -0.3 is 15.8 Å². The van der Waals surface area contributed by atoms with Crippen molar-refractivity contribution in [2.24, 2.45) is 5.73 Å². The zero-order valence-electron chi connectivity index (χ0n) is 16.0. The fraction of sp³-hybridized carbons (Fsp3) is 0.100. The molecule has 8 nitrogen and oxygen atoms in total. The number of halogens is 3. The molecule has 0 aliphatic heterocycles. The summed E-state index contributed by atoms with van der Waals surface area (Å²) >= 11 is 5.86. The number of benzene rings is 2. The molecule has 3 rings (SSSR count). The Bertz CT molecular complexity index is 1180. The van der Waals surface area contributed by atoms with Crippen LogP contribution in [0.5, 0.6) is 0 Å². The molecule has 0 atom stereocenters. The Morgan fingerprint density at radius 1 is 1.13 bits per heavy atom. The van der Waals surface area contributed by atoms with E-state index >= 15 is 0 Å². The summed E-state index contributed by atoms with van der Waals surface area (Å²) in [5.74, 6) is -4.69. The van der Waals surface area contributed by atoms with Crippen molar-refractivity contribution in [3.05, 3.63) is 75.9 Å². The fourth-order valence-corrected chi connectivity index (χ4v) is 2.86. The SMILES string of the molecule is CCOC(=O)c1cc(NC(=O)c2cc(F)c(F)cc2Cl)n(-c2ccc(C(N)=O)cc2)n1. The highest BCUT2D eigenvalue weighted by molar-refractivity contribution is 6.34. The molecule has 1 aromatic heterocycles. The number of rotatable bonds is 6. The average Bonchev–Trinajstić information content (AvgIpc) is 3.14. The third kappa shape index (κ3) is 4.69. The topological polar surface area (TPSA) is 116 Å². The molecular weight excluding hydrogens is 434 g/mol. The number of nitrogens with zero attached hydrogens (tertiary/aromatic N) is 2. The lowest BCUT2D eigenvalue weighted by Crippen LogP contribution is -2.16. The Hall–Kier alpha value is -3.79. The van der Waals surface area contributed by atoms with Crippen molar-refractivity contribution in [3.63, 3.8) is 0 Å². The van der Waals surface area contributed by atoms with Crippen molar-refractivity contribution in [2.45, 2.75) is 6.92 Å². The number of anilines is 1. The molecule has 0 aliphatic rings. The van der Waals surface area contributed by atoms with Crippen LogP contribution in [0, 0.1) is 11.6 Å². The molecule has 0 bridgehead atoms. The van der Waals surface area contributed by atoms with Crippen LogP contribution < -0.4 is 11.1 Å². The predicted octanol–water partition coefficient (Wildman–Crippen LogP) is 3.33. The van der Waals surface area contributed by atoms with Gasteiger partial charge in [0.05, 0.1) is 22.9 Å². The van der Waals surface area contributed by atoms with Gasteiger partial charge in [-0.1, -0.05) is 11.6 Å². The van der Waals surface area contributed by atoms with Crippen molar-refractivity contribution in [1.29, 1.82) is 0 Å². The summed E-state index contributed by atoms with van der Waals surface area (Å²) in [7, 11) is 0. The second-order valence-corrected chi connectivity index (χ2v) is 6.57. The summed E-state index contributed by atoms with van der Waals surface area (Å²) in [6.45, 7) is 1.72. The highest BCUT2D eigenvalue weighted by atomic mass is 35.5. The summed E-state index contributed by atoms with van der Waals surface area (Å²) in [6, 6.07) is 8.41. The van der Waals surface area contributed by atoms with E-state index in [9.17, 15) is 23.2 Å². The second-order valence-electron chi connectivity index (χ2n) is 6.16. The van der Waals surface area contributed by atoms with Gasteiger partial charge in [-0.2, -0.15) is 5.10 Å². The molecule has 0 saturated carbocycles. The van der Waals surface area contributed by atoms with Gasteiger partial charge in [-0.05, 0) is 43.3 Å². The minimum Gasteiger partial charge on any atom is -0.461 e. The molecule has 11 heteroatoms. The Kier molecular flexibility index (Phi) is 6.30. The van der Waals surface area contributed by atoms with E-state index in [0.717, 1.165) is 0 Å². The highest BCUT2D eigenvalue weighted by Gasteiger charge is 2.21. The molecule has 2 aromatic carbocycles. The molecule has 0 aliphatic carbocycles. The molecule has 0 unspecified atom stereocenters. The van der Waals surface area contributed by atoms with E-state index in [0.29, 0.717) is 17.8 Å². The van der Waals surface area contributed by atoms with E-state index < -0.39 is 29.4 Å². The molecule has 0 fully saturated rings. The zero-order chi connectivity index (χ0) is 22.7. The molecular formula is C20H15ClF2N4O4. The lowest BCUT2D eigenvalue weighted by molar-refractivity contribution is 0.0518. The lowest BCUT2D eigenvalue weighted by atomic mass is 10.2. The van der Waals surface area contributed by atoms with Gasteiger partial charge in [-0.15, -0.1) is 0 Å². The third-order valence-corrected chi connectivity index (χ3v) is 4.40. The first-order valence-electron chi connectivity index (χ1n) is 8.84. The Morgan fingerprint density at radius 2 is 1.77 bits per heavy atom. The quantitative estimate of drug-likeness (QED) is 0.443. The van der Waals surface area contributed by atoms with Crippen LogP contribution in [0.3, 0.4) is 0 Å². The number of nitrogens with one attached hydrogen (secondary N) is 1. The molecule has 1 heterocycles. The van der Waals surface area contributed by atoms with Gasteiger partial charge in [0.15, 0.2) is 17.3 Å². The van der Waals surface area contributed by atoms with E-state index in [2.05, 4.69) is 10.4 Å². The molecule has 3 N–H and O–H groups in total. The number of esters is 1. The number of carbonyl (C=O) groups is 3. The van der Waals surface area contributed by atoms with Crippen LogP contribution >= 0.6 is 11.6 Å². The number of amides is 2. The van der Waals surface area contributed by atoms with Crippen LogP contribution in [0.15, 0.2) is 42.5 Å². The first kappa shape index (κ1) is 21.9. The van der Waals surface area contributed by atoms with E-state index in [1.165, 1.54) is 35.0 Å². The van der Waals surface area contributed by atoms with Crippen molar-refractivity contribution >= 4 is 35.2 Å². The van der Waals surface area contributed by atoms with Crippen LogP contribution in [-0.4, -0.2) is 34.2 Å². The normalized spacial score (nSPS) is 10.6. The van der Waals surface area contributed by atoms with Crippen molar-refractivity contribution in [3.8, 4) is 5.69 Å². The Labute approximate surface area is 179 Å². The van der Waals surface area contributed by atoms with Crippen molar-refractivity contribution in [2.75, 3.05) is 11.9 Å². The van der Waals surface area contributed by atoms with Gasteiger partial charge in [-0.25, -0.2) is 18.3 Å². The average molecular weight is 449 g/mol. The van der Waals surface area contributed by atoms with Gasteiger partial charge >= 0.3 is 5.97 Å². The van der Waals surface area contributed by atoms with Crippen LogP contribution in [0.1, 0.15) is 38.1 Å². The molecule has 31 heavy (non-hydrogen) atoms. The van der Waals surface area contributed by atoms with E-state index in [4.69, 9.17) is 22.1 Å². The van der Waals surface area contributed by atoms with Crippen LogP contribution in [0.25, 0.3) is 5.69 Å². The number of primary amides is 1. The van der Waals surface area contributed by atoms with E-state index in [1.54, 1.807) is 6.92 Å². The van der Waals surface area contributed by atoms with Gasteiger partial charge in [0.1, 0.15) is 5.82 Å². The number of carbonyl (C=O) groups excluding carboxylic acids is 3. The van der Waals surface area contributed by atoms with E-state index in [1.807, 2.05) is 0 Å². The zero-order valence-corrected chi connectivity index (χ0v) is 16.7.